The Morgan fingerprint density at radius 3 is 2.38 bits per heavy atom. The smallest absolute Gasteiger partial charge is 0.186 e. The van der Waals surface area contributed by atoms with E-state index < -0.39 is 9.84 Å². The summed E-state index contributed by atoms with van der Waals surface area (Å²) in [7, 11) is -0.271. The fourth-order valence-corrected chi connectivity index (χ4v) is 2.31. The fraction of sp³-hybridized carbons (Fsp3) is 0.714. The molecule has 0 N–H and O–H groups in total. The Kier molecular flexibility index (Phi) is 6.58. The number of methoxy groups -OCH3 is 2. The molecule has 0 bridgehead atoms. The molecule has 0 aliphatic rings. The molecule has 0 radical (unpaired) electrons. The van der Waals surface area contributed by atoms with Gasteiger partial charge in [0, 0.05) is 14.2 Å². The van der Waals surface area contributed by atoms with E-state index in [1.165, 1.54) is 20.3 Å². The Morgan fingerprint density at radius 2 is 2.00 bits per heavy atom. The maximum absolute atomic E-state index is 11.3. The highest BCUT2D eigenvalue weighted by atomic mass is 79.9. The summed E-state index contributed by atoms with van der Waals surface area (Å²) < 4.78 is 32.1. The van der Waals surface area contributed by atoms with E-state index in [0.717, 1.165) is 0 Å². The van der Waals surface area contributed by atoms with E-state index in [0.29, 0.717) is 0 Å². The van der Waals surface area contributed by atoms with Gasteiger partial charge in [0.25, 0.3) is 0 Å². The van der Waals surface area contributed by atoms with E-state index in [4.69, 9.17) is 9.47 Å². The molecule has 0 aromatic heterocycles. The van der Waals surface area contributed by atoms with Gasteiger partial charge in [0.2, 0.25) is 0 Å². The summed E-state index contributed by atoms with van der Waals surface area (Å²) in [6.07, 6.45) is 1.50. The highest BCUT2D eigenvalue weighted by Crippen LogP contribution is 2.10. The van der Waals surface area contributed by atoms with E-state index in [1.807, 2.05) is 0 Å². The Balaban J connectivity index is 4.60. The highest BCUT2D eigenvalue weighted by molar-refractivity contribution is 9.10. The van der Waals surface area contributed by atoms with Gasteiger partial charge in [0.15, 0.2) is 9.84 Å². The number of alkyl halides is 1. The molecule has 0 rings (SSSR count). The molecule has 0 unspecified atom stereocenters. The molecule has 0 saturated heterocycles. The molecule has 78 valence electrons. The van der Waals surface area contributed by atoms with Crippen LogP contribution in [0.2, 0.25) is 0 Å². The summed E-state index contributed by atoms with van der Waals surface area (Å²) in [6, 6.07) is 0. The maximum Gasteiger partial charge on any atom is 0.186 e. The van der Waals surface area contributed by atoms with Crippen LogP contribution in [0.4, 0.5) is 0 Å². The summed E-state index contributed by atoms with van der Waals surface area (Å²) >= 11 is 2.91. The molecule has 0 aliphatic heterocycles. The molecule has 0 saturated carbocycles. The van der Waals surface area contributed by atoms with Crippen molar-refractivity contribution in [3.63, 3.8) is 0 Å². The van der Waals surface area contributed by atoms with Crippen LogP contribution in [0, 0.1) is 0 Å². The molecule has 0 amide bonds. The third-order valence-corrected chi connectivity index (χ3v) is 4.49. The van der Waals surface area contributed by atoms with Crippen molar-refractivity contribution in [1.29, 1.82) is 0 Å². The van der Waals surface area contributed by atoms with Gasteiger partial charge in [0.1, 0.15) is 4.66 Å². The fourth-order valence-electron chi connectivity index (χ4n) is 0.664. The van der Waals surface area contributed by atoms with Crippen LogP contribution in [-0.2, 0) is 19.3 Å². The molecule has 13 heavy (non-hydrogen) atoms. The first-order valence-corrected chi connectivity index (χ1v) is 6.31. The van der Waals surface area contributed by atoms with E-state index >= 15 is 0 Å². The van der Waals surface area contributed by atoms with Crippen molar-refractivity contribution in [3.05, 3.63) is 11.0 Å². The first kappa shape index (κ1) is 13.1. The number of hydrogen-bond acceptors (Lipinski definition) is 4. The van der Waals surface area contributed by atoms with Crippen LogP contribution < -0.4 is 0 Å². The predicted octanol–water partition coefficient (Wildman–Crippen LogP) is 0.930. The topological polar surface area (TPSA) is 52.6 Å². The van der Waals surface area contributed by atoms with Gasteiger partial charge in [0.05, 0.1) is 18.1 Å². The summed E-state index contributed by atoms with van der Waals surface area (Å²) in [5, 5.41) is 0. The third kappa shape index (κ3) is 4.75. The van der Waals surface area contributed by atoms with Crippen molar-refractivity contribution in [1.82, 2.24) is 0 Å². The zero-order chi connectivity index (χ0) is 10.3. The Morgan fingerprint density at radius 1 is 1.38 bits per heavy atom. The van der Waals surface area contributed by atoms with E-state index in [2.05, 4.69) is 15.9 Å². The number of rotatable bonds is 6. The first-order chi connectivity index (χ1) is 6.08. The van der Waals surface area contributed by atoms with Gasteiger partial charge in [-0.25, -0.2) is 8.42 Å². The highest BCUT2D eigenvalue weighted by Gasteiger charge is 2.15. The summed E-state index contributed by atoms with van der Waals surface area (Å²) in [4.78, 5) is 0.244. The average Bonchev–Trinajstić information content (AvgIpc) is 2.12. The van der Waals surface area contributed by atoms with Gasteiger partial charge < -0.3 is 9.47 Å². The molecule has 0 atom stereocenters. The van der Waals surface area contributed by atoms with Crippen LogP contribution in [0.1, 0.15) is 0 Å². The van der Waals surface area contributed by atoms with Gasteiger partial charge in [-0.15, -0.1) is 0 Å². The molecule has 4 nitrogen and oxygen atoms in total. The van der Waals surface area contributed by atoms with Crippen LogP contribution in [0.5, 0.6) is 0 Å². The Labute approximate surface area is 87.0 Å². The SMILES string of the molecule is COCC=C(COC)S(=O)(=O)CBr. The van der Waals surface area contributed by atoms with Crippen LogP contribution in [-0.4, -0.2) is 40.5 Å². The van der Waals surface area contributed by atoms with Crippen LogP contribution in [0.15, 0.2) is 11.0 Å². The Bertz CT molecular complexity index is 258. The van der Waals surface area contributed by atoms with Crippen molar-refractivity contribution in [2.75, 3.05) is 32.1 Å². The zero-order valence-corrected chi connectivity index (χ0v) is 10.0. The molecule has 0 aliphatic carbocycles. The van der Waals surface area contributed by atoms with Crippen LogP contribution >= 0.6 is 15.9 Å². The van der Waals surface area contributed by atoms with Crippen LogP contribution in [0.25, 0.3) is 0 Å². The molecular weight excluding hydrogens is 260 g/mol. The summed E-state index contributed by atoms with van der Waals surface area (Å²) in [6.45, 7) is 0.349. The minimum absolute atomic E-state index is 0.0806. The second-order valence-electron chi connectivity index (χ2n) is 2.28. The van der Waals surface area contributed by atoms with Crippen molar-refractivity contribution < 1.29 is 17.9 Å². The van der Waals surface area contributed by atoms with Gasteiger partial charge in [-0.3, -0.25) is 0 Å². The standard InChI is InChI=1S/C7H13BrO4S/c1-11-4-3-7(5-12-2)13(9,10)6-8/h3H,4-6H2,1-2H3. The lowest BCUT2D eigenvalue weighted by molar-refractivity contribution is 0.221. The number of sulfone groups is 1. The van der Waals surface area contributed by atoms with Crippen molar-refractivity contribution >= 4 is 25.8 Å². The largest absolute Gasteiger partial charge is 0.381 e. The molecule has 0 fully saturated rings. The van der Waals surface area contributed by atoms with Crippen molar-refractivity contribution in [2.45, 2.75) is 0 Å². The van der Waals surface area contributed by atoms with Gasteiger partial charge in [-0.05, 0) is 6.08 Å². The molecule has 0 heterocycles. The third-order valence-electron chi connectivity index (χ3n) is 1.31. The lowest BCUT2D eigenvalue weighted by Crippen LogP contribution is -2.10. The molecule has 0 aromatic rings. The van der Waals surface area contributed by atoms with E-state index in [9.17, 15) is 8.42 Å². The van der Waals surface area contributed by atoms with Gasteiger partial charge in [-0.2, -0.15) is 0 Å². The van der Waals surface area contributed by atoms with E-state index in [-0.39, 0.29) is 22.8 Å². The van der Waals surface area contributed by atoms with Gasteiger partial charge in [-0.1, -0.05) is 15.9 Å². The monoisotopic (exact) mass is 272 g/mol. The average molecular weight is 273 g/mol. The lowest BCUT2D eigenvalue weighted by Gasteiger charge is -2.05. The zero-order valence-electron chi connectivity index (χ0n) is 7.62. The maximum atomic E-state index is 11.3. The Hall–Kier alpha value is 0.0900. The first-order valence-electron chi connectivity index (χ1n) is 3.54. The number of hydrogen-bond donors (Lipinski definition) is 0. The predicted molar refractivity (Wildman–Crippen MR) is 54.5 cm³/mol. The molecule has 0 aromatic carbocycles. The molecular formula is C7H13BrO4S. The molecule has 6 heteroatoms. The van der Waals surface area contributed by atoms with Crippen molar-refractivity contribution in [3.8, 4) is 0 Å². The number of ether oxygens (including phenoxy) is 2. The van der Waals surface area contributed by atoms with Crippen LogP contribution in [0.3, 0.4) is 0 Å². The normalized spacial score (nSPS) is 13.3. The minimum Gasteiger partial charge on any atom is -0.381 e. The summed E-state index contributed by atoms with van der Waals surface area (Å²) in [5.41, 5.74) is 0. The second-order valence-corrected chi connectivity index (χ2v) is 5.63. The molecule has 0 spiro atoms. The quantitative estimate of drug-likeness (QED) is 0.676. The lowest BCUT2D eigenvalue weighted by atomic mass is 10.5. The van der Waals surface area contributed by atoms with E-state index in [1.54, 1.807) is 0 Å². The second kappa shape index (κ2) is 6.53. The number of halogens is 1. The summed E-state index contributed by atoms with van der Waals surface area (Å²) in [5.74, 6) is 0. The van der Waals surface area contributed by atoms with Crippen molar-refractivity contribution in [2.24, 2.45) is 0 Å². The van der Waals surface area contributed by atoms with Gasteiger partial charge >= 0.3 is 0 Å². The minimum atomic E-state index is -3.22.